The topological polar surface area (TPSA) is 30.2 Å². The first-order valence-electron chi connectivity index (χ1n) is 4.36. The van der Waals surface area contributed by atoms with E-state index in [0.29, 0.717) is 12.0 Å². The van der Waals surface area contributed by atoms with Crippen LogP contribution >= 0.6 is 0 Å². The maximum Gasteiger partial charge on any atom is 0.344 e. The van der Waals surface area contributed by atoms with Crippen LogP contribution in [0, 0.1) is 6.07 Å². The summed E-state index contributed by atoms with van der Waals surface area (Å²) >= 11 is 0. The molecule has 14 heavy (non-hydrogen) atoms. The van der Waals surface area contributed by atoms with Gasteiger partial charge in [0, 0.05) is 5.39 Å². The molecule has 0 bridgehead atoms. The maximum atomic E-state index is 11.1. The molecule has 2 heteroatoms. The summed E-state index contributed by atoms with van der Waals surface area (Å²) in [7, 11) is 0. The van der Waals surface area contributed by atoms with Gasteiger partial charge in [-0.05, 0) is 18.1 Å². The van der Waals surface area contributed by atoms with Gasteiger partial charge in [-0.1, -0.05) is 24.3 Å². The molecule has 0 saturated heterocycles. The summed E-state index contributed by atoms with van der Waals surface area (Å²) in [6.45, 7) is 3.64. The Labute approximate surface area is 81.5 Å². The summed E-state index contributed by atoms with van der Waals surface area (Å²) in [6, 6.07) is 10.1. The summed E-state index contributed by atoms with van der Waals surface area (Å²) < 4.78 is 5.00. The molecule has 0 aliphatic heterocycles. The molecule has 1 radical (unpaired) electrons. The van der Waals surface area contributed by atoms with E-state index < -0.39 is 5.63 Å². The van der Waals surface area contributed by atoms with Gasteiger partial charge in [0.05, 0.1) is 6.07 Å². The van der Waals surface area contributed by atoms with Crippen LogP contribution in [0.3, 0.4) is 0 Å². The molecule has 2 rings (SSSR count). The third-order valence-electron chi connectivity index (χ3n) is 2.02. The smallest absolute Gasteiger partial charge is 0.344 e. The molecule has 2 aromatic rings. The third kappa shape index (κ3) is 1.46. The molecule has 0 aliphatic carbocycles. The Bertz CT molecular complexity index is 523. The molecule has 1 aromatic carbocycles. The summed E-state index contributed by atoms with van der Waals surface area (Å²) in [4.78, 5) is 11.1. The van der Waals surface area contributed by atoms with Crippen LogP contribution in [-0.2, 0) is 6.42 Å². The normalized spacial score (nSPS) is 10.3. The van der Waals surface area contributed by atoms with Crippen LogP contribution in [0.2, 0.25) is 0 Å². The zero-order chi connectivity index (χ0) is 9.97. The zero-order valence-electron chi connectivity index (χ0n) is 7.62. The van der Waals surface area contributed by atoms with Crippen LogP contribution in [0.15, 0.2) is 46.1 Å². The second kappa shape index (κ2) is 3.50. The Morgan fingerprint density at radius 1 is 1.43 bits per heavy atom. The monoisotopic (exact) mass is 185 g/mol. The number of benzene rings is 1. The summed E-state index contributed by atoms with van der Waals surface area (Å²) in [5, 5.41) is 0.923. The van der Waals surface area contributed by atoms with E-state index in [0.717, 1.165) is 10.9 Å². The van der Waals surface area contributed by atoms with Crippen molar-refractivity contribution in [2.75, 3.05) is 0 Å². The van der Waals surface area contributed by atoms with Crippen LogP contribution in [0.25, 0.3) is 11.0 Å². The lowest BCUT2D eigenvalue weighted by Crippen LogP contribution is -2.00. The second-order valence-corrected chi connectivity index (χ2v) is 2.98. The third-order valence-corrected chi connectivity index (χ3v) is 2.02. The average molecular weight is 185 g/mol. The highest BCUT2D eigenvalue weighted by molar-refractivity contribution is 5.79. The van der Waals surface area contributed by atoms with E-state index in [1.165, 1.54) is 0 Å². The highest BCUT2D eigenvalue weighted by Gasteiger charge is 2.02. The Morgan fingerprint density at radius 2 is 2.21 bits per heavy atom. The van der Waals surface area contributed by atoms with Crippen molar-refractivity contribution in [3.63, 3.8) is 0 Å². The number of allylic oxidation sites excluding steroid dienone is 1. The molecule has 0 saturated carbocycles. The molecule has 2 nitrogen and oxygen atoms in total. The van der Waals surface area contributed by atoms with E-state index in [1.807, 2.05) is 18.2 Å². The average Bonchev–Trinajstić information content (AvgIpc) is 2.18. The van der Waals surface area contributed by atoms with Gasteiger partial charge < -0.3 is 4.42 Å². The number of fused-ring (bicyclic) bond motifs is 1. The summed E-state index contributed by atoms with van der Waals surface area (Å²) in [5.41, 5.74) is 1.01. The molecule has 0 unspecified atom stereocenters. The minimum atomic E-state index is -0.430. The molecule has 1 heterocycles. The molecular formula is C12H9O2. The van der Waals surface area contributed by atoms with E-state index in [-0.39, 0.29) is 0 Å². The van der Waals surface area contributed by atoms with Gasteiger partial charge in [-0.15, -0.1) is 6.58 Å². The van der Waals surface area contributed by atoms with Gasteiger partial charge >= 0.3 is 5.63 Å². The predicted octanol–water partition coefficient (Wildman–Crippen LogP) is 2.32. The first-order valence-corrected chi connectivity index (χ1v) is 4.36. The lowest BCUT2D eigenvalue weighted by molar-refractivity contribution is 0.558. The molecule has 0 aliphatic rings. The molecule has 1 aromatic heterocycles. The Kier molecular flexibility index (Phi) is 2.19. The minimum absolute atomic E-state index is 0.430. The highest BCUT2D eigenvalue weighted by atomic mass is 16.4. The van der Waals surface area contributed by atoms with Crippen LogP contribution < -0.4 is 5.63 Å². The van der Waals surface area contributed by atoms with Gasteiger partial charge in [0.1, 0.15) is 5.58 Å². The fourth-order valence-electron chi connectivity index (χ4n) is 1.43. The van der Waals surface area contributed by atoms with E-state index >= 15 is 0 Å². The van der Waals surface area contributed by atoms with E-state index in [9.17, 15) is 4.79 Å². The van der Waals surface area contributed by atoms with Gasteiger partial charge in [-0.25, -0.2) is 4.79 Å². The van der Waals surface area contributed by atoms with Crippen molar-refractivity contribution in [1.82, 2.24) is 0 Å². The van der Waals surface area contributed by atoms with Gasteiger partial charge in [0.2, 0.25) is 0 Å². The highest BCUT2D eigenvalue weighted by Crippen LogP contribution is 2.16. The first kappa shape index (κ1) is 8.75. The Morgan fingerprint density at radius 3 is 3.00 bits per heavy atom. The Balaban J connectivity index is 2.79. The largest absolute Gasteiger partial charge is 0.422 e. The summed E-state index contributed by atoms with van der Waals surface area (Å²) in [5.74, 6) is 0. The van der Waals surface area contributed by atoms with Crippen LogP contribution in [0.4, 0.5) is 0 Å². The fraction of sp³-hybridized carbons (Fsp3) is 0.0833. The van der Waals surface area contributed by atoms with Crippen molar-refractivity contribution in [1.29, 1.82) is 0 Å². The standard InChI is InChI=1S/C12H9O2/c1-2-5-9-8-12(13)14-11-7-4-3-6-10(9)11/h2-4,6-7H,1,5H2. The Hall–Kier alpha value is -1.83. The van der Waals surface area contributed by atoms with Gasteiger partial charge in [0.15, 0.2) is 0 Å². The van der Waals surface area contributed by atoms with Crippen LogP contribution in [0.5, 0.6) is 0 Å². The first-order chi connectivity index (χ1) is 6.81. The van der Waals surface area contributed by atoms with Crippen molar-refractivity contribution >= 4 is 11.0 Å². The van der Waals surface area contributed by atoms with Crippen molar-refractivity contribution < 1.29 is 4.42 Å². The zero-order valence-corrected chi connectivity index (χ0v) is 7.62. The molecule has 0 amide bonds. The maximum absolute atomic E-state index is 11.1. The van der Waals surface area contributed by atoms with Crippen molar-refractivity contribution in [3.8, 4) is 0 Å². The molecule has 0 spiro atoms. The van der Waals surface area contributed by atoms with E-state index in [2.05, 4.69) is 12.6 Å². The predicted molar refractivity (Wildman–Crippen MR) is 55.2 cm³/mol. The fourth-order valence-corrected chi connectivity index (χ4v) is 1.43. The number of hydrogen-bond acceptors (Lipinski definition) is 2. The van der Waals surface area contributed by atoms with Crippen LogP contribution in [-0.4, -0.2) is 0 Å². The molecule has 69 valence electrons. The lowest BCUT2D eigenvalue weighted by atomic mass is 10.1. The second-order valence-electron chi connectivity index (χ2n) is 2.98. The molecule has 0 N–H and O–H groups in total. The molecule has 0 atom stereocenters. The van der Waals surface area contributed by atoms with E-state index in [1.54, 1.807) is 12.1 Å². The van der Waals surface area contributed by atoms with Crippen molar-refractivity contribution in [2.24, 2.45) is 0 Å². The number of rotatable bonds is 2. The van der Waals surface area contributed by atoms with Crippen molar-refractivity contribution in [2.45, 2.75) is 6.42 Å². The molecule has 0 fully saturated rings. The van der Waals surface area contributed by atoms with Gasteiger partial charge in [-0.3, -0.25) is 0 Å². The van der Waals surface area contributed by atoms with Crippen molar-refractivity contribution in [3.05, 3.63) is 59.0 Å². The van der Waals surface area contributed by atoms with E-state index in [4.69, 9.17) is 4.42 Å². The number of hydrogen-bond donors (Lipinski definition) is 0. The summed E-state index contributed by atoms with van der Waals surface area (Å²) in [6.07, 6.45) is 2.38. The minimum Gasteiger partial charge on any atom is -0.422 e. The number of para-hydroxylation sites is 1. The quantitative estimate of drug-likeness (QED) is 0.531. The SMILES string of the molecule is C=CCc1[c]c(=O)oc2ccccc12. The van der Waals surface area contributed by atoms with Gasteiger partial charge in [-0.2, -0.15) is 0 Å². The van der Waals surface area contributed by atoms with Crippen LogP contribution in [0.1, 0.15) is 5.56 Å². The molecular weight excluding hydrogens is 176 g/mol. The lowest BCUT2D eigenvalue weighted by Gasteiger charge is -2.00. The van der Waals surface area contributed by atoms with Gasteiger partial charge in [0.25, 0.3) is 0 Å².